The predicted molar refractivity (Wildman–Crippen MR) is 53.5 cm³/mol. The minimum absolute atomic E-state index is 0.194. The van der Waals surface area contributed by atoms with Crippen LogP contribution in [0, 0.1) is 0 Å². The normalized spacial score (nSPS) is 14.7. The smallest absolute Gasteiger partial charge is 0.322 e. The van der Waals surface area contributed by atoms with E-state index in [1.807, 2.05) is 19.9 Å². The van der Waals surface area contributed by atoms with Crippen molar-refractivity contribution in [1.29, 1.82) is 0 Å². The summed E-state index contributed by atoms with van der Waals surface area (Å²) in [5.41, 5.74) is 0. The second kappa shape index (κ2) is 6.66. The minimum atomic E-state index is -0.196. The van der Waals surface area contributed by atoms with Crippen LogP contribution < -0.4 is 5.32 Å². The first kappa shape index (κ1) is 12.2. The van der Waals surface area contributed by atoms with Crippen molar-refractivity contribution >= 4 is 5.97 Å². The van der Waals surface area contributed by atoms with Gasteiger partial charge in [-0.15, -0.1) is 6.58 Å². The number of hydrogen-bond acceptors (Lipinski definition) is 3. The Hall–Kier alpha value is -0.830. The largest absolute Gasteiger partial charge is 0.468 e. The lowest BCUT2D eigenvalue weighted by Gasteiger charge is -2.18. The number of hydrogen-bond donors (Lipinski definition) is 1. The highest BCUT2D eigenvalue weighted by molar-refractivity contribution is 5.75. The van der Waals surface area contributed by atoms with E-state index in [2.05, 4.69) is 16.6 Å². The van der Waals surface area contributed by atoms with Gasteiger partial charge in [0.05, 0.1) is 7.11 Å². The fraction of sp³-hybridized carbons (Fsp3) is 0.700. The molecule has 0 fully saturated rings. The van der Waals surface area contributed by atoms with Crippen molar-refractivity contribution in [3.63, 3.8) is 0 Å². The van der Waals surface area contributed by atoms with Gasteiger partial charge in [-0.1, -0.05) is 13.0 Å². The summed E-state index contributed by atoms with van der Waals surface area (Å²) in [4.78, 5) is 11.2. The number of nitrogens with one attached hydrogen (secondary N) is 1. The van der Waals surface area contributed by atoms with Crippen LogP contribution in [0.5, 0.6) is 0 Å². The molecular weight excluding hydrogens is 166 g/mol. The molecule has 0 aliphatic carbocycles. The van der Waals surface area contributed by atoms with Gasteiger partial charge >= 0.3 is 5.97 Å². The first-order valence-electron chi connectivity index (χ1n) is 4.60. The van der Waals surface area contributed by atoms with Crippen molar-refractivity contribution in [2.24, 2.45) is 0 Å². The lowest BCUT2D eigenvalue weighted by Crippen LogP contribution is -2.42. The average Bonchev–Trinajstić information content (AvgIpc) is 2.13. The molecule has 0 aliphatic heterocycles. The Bertz CT molecular complexity index is 168. The Morgan fingerprint density at radius 2 is 2.31 bits per heavy atom. The monoisotopic (exact) mass is 185 g/mol. The van der Waals surface area contributed by atoms with Crippen LogP contribution in [-0.4, -0.2) is 25.2 Å². The Kier molecular flexibility index (Phi) is 6.24. The Labute approximate surface area is 80.2 Å². The van der Waals surface area contributed by atoms with Gasteiger partial charge in [0.1, 0.15) is 6.04 Å². The summed E-state index contributed by atoms with van der Waals surface area (Å²) in [6.45, 7) is 7.62. The molecule has 0 aromatic heterocycles. The molecule has 0 rings (SSSR count). The maximum absolute atomic E-state index is 11.2. The molecule has 0 amide bonds. The van der Waals surface area contributed by atoms with E-state index >= 15 is 0 Å². The van der Waals surface area contributed by atoms with Gasteiger partial charge < -0.3 is 10.1 Å². The molecule has 13 heavy (non-hydrogen) atoms. The van der Waals surface area contributed by atoms with Crippen LogP contribution in [-0.2, 0) is 9.53 Å². The van der Waals surface area contributed by atoms with E-state index in [4.69, 9.17) is 0 Å². The summed E-state index contributed by atoms with van der Waals surface area (Å²) in [5, 5.41) is 3.17. The summed E-state index contributed by atoms with van der Waals surface area (Å²) in [6.07, 6.45) is 3.43. The van der Waals surface area contributed by atoms with Crippen LogP contribution >= 0.6 is 0 Å². The topological polar surface area (TPSA) is 38.3 Å². The maximum Gasteiger partial charge on any atom is 0.322 e. The molecule has 0 saturated heterocycles. The quantitative estimate of drug-likeness (QED) is 0.503. The van der Waals surface area contributed by atoms with Gasteiger partial charge in [-0.2, -0.15) is 0 Å². The molecule has 0 aromatic rings. The SMILES string of the molecule is C=CCC(C)NC(CC)C(=O)OC. The summed E-state index contributed by atoms with van der Waals surface area (Å²) in [7, 11) is 1.41. The molecule has 0 saturated carbocycles. The third-order valence-corrected chi connectivity index (χ3v) is 1.90. The molecule has 3 nitrogen and oxygen atoms in total. The van der Waals surface area contributed by atoms with Crippen molar-refractivity contribution in [3.8, 4) is 0 Å². The molecule has 0 aromatic carbocycles. The van der Waals surface area contributed by atoms with E-state index in [9.17, 15) is 4.79 Å². The summed E-state index contributed by atoms with van der Waals surface area (Å²) in [6, 6.07) is 0.0708. The highest BCUT2D eigenvalue weighted by Gasteiger charge is 2.17. The standard InChI is InChI=1S/C10H19NO2/c1-5-7-8(3)11-9(6-2)10(12)13-4/h5,8-9,11H,1,6-7H2,2-4H3. The summed E-state index contributed by atoms with van der Waals surface area (Å²) < 4.78 is 4.65. The highest BCUT2D eigenvalue weighted by atomic mass is 16.5. The second-order valence-corrected chi connectivity index (χ2v) is 3.08. The molecule has 2 atom stereocenters. The van der Waals surface area contributed by atoms with Gasteiger partial charge in [0, 0.05) is 6.04 Å². The predicted octanol–water partition coefficient (Wildman–Crippen LogP) is 1.49. The Balaban J connectivity index is 3.96. The highest BCUT2D eigenvalue weighted by Crippen LogP contribution is 1.99. The van der Waals surface area contributed by atoms with E-state index in [1.54, 1.807) is 0 Å². The van der Waals surface area contributed by atoms with Crippen LogP contribution in [0.1, 0.15) is 26.7 Å². The van der Waals surface area contributed by atoms with Crippen LogP contribution in [0.15, 0.2) is 12.7 Å². The van der Waals surface area contributed by atoms with Crippen molar-refractivity contribution in [3.05, 3.63) is 12.7 Å². The first-order valence-corrected chi connectivity index (χ1v) is 4.60. The van der Waals surface area contributed by atoms with Crippen LogP contribution in [0.3, 0.4) is 0 Å². The Morgan fingerprint density at radius 3 is 2.69 bits per heavy atom. The number of carbonyl (C=O) groups is 1. The van der Waals surface area contributed by atoms with Gasteiger partial charge in [-0.05, 0) is 19.8 Å². The molecule has 76 valence electrons. The lowest BCUT2D eigenvalue weighted by molar-refractivity contribution is -0.143. The molecule has 0 spiro atoms. The van der Waals surface area contributed by atoms with Gasteiger partial charge in [0.2, 0.25) is 0 Å². The lowest BCUT2D eigenvalue weighted by atomic mass is 10.1. The van der Waals surface area contributed by atoms with E-state index < -0.39 is 0 Å². The summed E-state index contributed by atoms with van der Waals surface area (Å²) >= 11 is 0. The number of ether oxygens (including phenoxy) is 1. The number of rotatable bonds is 6. The fourth-order valence-electron chi connectivity index (χ4n) is 1.16. The van der Waals surface area contributed by atoms with Crippen molar-refractivity contribution in [1.82, 2.24) is 5.32 Å². The van der Waals surface area contributed by atoms with Gasteiger partial charge in [0.25, 0.3) is 0 Å². The van der Waals surface area contributed by atoms with Crippen molar-refractivity contribution in [2.75, 3.05) is 7.11 Å². The van der Waals surface area contributed by atoms with E-state index in [0.29, 0.717) is 0 Å². The van der Waals surface area contributed by atoms with Crippen molar-refractivity contribution < 1.29 is 9.53 Å². The van der Waals surface area contributed by atoms with E-state index in [1.165, 1.54) is 7.11 Å². The summed E-state index contributed by atoms with van der Waals surface area (Å²) in [5.74, 6) is -0.196. The van der Waals surface area contributed by atoms with Gasteiger partial charge in [0.15, 0.2) is 0 Å². The third kappa shape index (κ3) is 4.68. The number of esters is 1. The van der Waals surface area contributed by atoms with Gasteiger partial charge in [-0.3, -0.25) is 4.79 Å². The molecule has 0 heterocycles. The van der Waals surface area contributed by atoms with Gasteiger partial charge in [-0.25, -0.2) is 0 Å². The molecular formula is C10H19NO2. The Morgan fingerprint density at radius 1 is 1.69 bits per heavy atom. The molecule has 0 bridgehead atoms. The molecule has 0 radical (unpaired) electrons. The zero-order chi connectivity index (χ0) is 10.3. The molecule has 1 N–H and O–H groups in total. The molecule has 0 aliphatic rings. The van der Waals surface area contributed by atoms with Crippen LogP contribution in [0.4, 0.5) is 0 Å². The molecule has 3 heteroatoms. The zero-order valence-electron chi connectivity index (χ0n) is 8.67. The third-order valence-electron chi connectivity index (χ3n) is 1.90. The average molecular weight is 185 g/mol. The van der Waals surface area contributed by atoms with Crippen molar-refractivity contribution in [2.45, 2.75) is 38.8 Å². The number of methoxy groups -OCH3 is 1. The molecule has 2 unspecified atom stereocenters. The second-order valence-electron chi connectivity index (χ2n) is 3.08. The first-order chi connectivity index (χ1) is 6.15. The zero-order valence-corrected chi connectivity index (χ0v) is 8.67. The van der Waals surface area contributed by atoms with E-state index in [-0.39, 0.29) is 18.1 Å². The number of carbonyl (C=O) groups excluding carboxylic acids is 1. The van der Waals surface area contributed by atoms with Crippen LogP contribution in [0.2, 0.25) is 0 Å². The van der Waals surface area contributed by atoms with Crippen LogP contribution in [0.25, 0.3) is 0 Å². The minimum Gasteiger partial charge on any atom is -0.468 e. The fourth-order valence-corrected chi connectivity index (χ4v) is 1.16. The maximum atomic E-state index is 11.2. The van der Waals surface area contributed by atoms with E-state index in [0.717, 1.165) is 12.8 Å².